The molecule has 1 rings (SSSR count). The van der Waals surface area contributed by atoms with Crippen molar-refractivity contribution in [2.24, 2.45) is 0 Å². The Balaban J connectivity index is 2.50. The second kappa shape index (κ2) is 4.97. The minimum absolute atomic E-state index is 0.0480. The van der Waals surface area contributed by atoms with Crippen molar-refractivity contribution in [2.75, 3.05) is 5.75 Å². The number of Topliss-reactive ketones (excluding diaryl/α,β-unsaturated/α-hetero) is 1. The van der Waals surface area contributed by atoms with Gasteiger partial charge in [0.1, 0.15) is 5.69 Å². The number of thioether (sulfide) groups is 1. The molecule has 0 aliphatic heterocycles. The molecule has 0 aliphatic rings. The summed E-state index contributed by atoms with van der Waals surface area (Å²) in [7, 11) is 0. The van der Waals surface area contributed by atoms with Gasteiger partial charge in [-0.1, -0.05) is 13.8 Å². The van der Waals surface area contributed by atoms with Crippen molar-refractivity contribution in [3.8, 4) is 0 Å². The van der Waals surface area contributed by atoms with E-state index in [1.165, 1.54) is 12.4 Å². The van der Waals surface area contributed by atoms with Gasteiger partial charge in [-0.15, -0.1) is 0 Å². The van der Waals surface area contributed by atoms with Crippen LogP contribution in [0.15, 0.2) is 18.6 Å². The lowest BCUT2D eigenvalue weighted by Crippen LogP contribution is -2.07. The average Bonchev–Trinajstić information content (AvgIpc) is 2.15. The number of rotatable bonds is 4. The highest BCUT2D eigenvalue weighted by Crippen LogP contribution is 2.10. The molecule has 0 spiro atoms. The second-order valence-electron chi connectivity index (χ2n) is 2.87. The van der Waals surface area contributed by atoms with Crippen LogP contribution in [0.4, 0.5) is 0 Å². The lowest BCUT2D eigenvalue weighted by Gasteiger charge is -2.02. The van der Waals surface area contributed by atoms with Gasteiger partial charge in [0.15, 0.2) is 5.78 Å². The Morgan fingerprint density at radius 1 is 1.54 bits per heavy atom. The van der Waals surface area contributed by atoms with E-state index in [9.17, 15) is 4.79 Å². The summed E-state index contributed by atoms with van der Waals surface area (Å²) in [5, 5.41) is 0.473. The van der Waals surface area contributed by atoms with Gasteiger partial charge in [-0.25, -0.2) is 4.98 Å². The molecule has 1 aromatic rings. The van der Waals surface area contributed by atoms with E-state index in [-0.39, 0.29) is 5.78 Å². The first-order valence-electron chi connectivity index (χ1n) is 4.11. The fraction of sp³-hybridized carbons (Fsp3) is 0.444. The van der Waals surface area contributed by atoms with E-state index in [0.717, 1.165) is 0 Å². The molecular weight excluding hydrogens is 184 g/mol. The molecular formula is C9H12N2OS. The smallest absolute Gasteiger partial charge is 0.192 e. The fourth-order valence-electron chi connectivity index (χ4n) is 0.759. The molecule has 0 N–H and O–H groups in total. The van der Waals surface area contributed by atoms with Crippen LogP contribution in [0.2, 0.25) is 0 Å². The fourth-order valence-corrected chi connectivity index (χ4v) is 1.39. The molecule has 0 fully saturated rings. The highest BCUT2D eigenvalue weighted by atomic mass is 32.2. The Hall–Kier alpha value is -0.900. The van der Waals surface area contributed by atoms with Crippen molar-refractivity contribution in [1.82, 2.24) is 9.97 Å². The quantitative estimate of drug-likeness (QED) is 0.689. The Morgan fingerprint density at radius 2 is 2.31 bits per heavy atom. The predicted molar refractivity (Wildman–Crippen MR) is 54.0 cm³/mol. The van der Waals surface area contributed by atoms with Crippen LogP contribution in [0.5, 0.6) is 0 Å². The molecule has 4 heteroatoms. The number of hydrogen-bond acceptors (Lipinski definition) is 4. The highest BCUT2D eigenvalue weighted by Gasteiger charge is 2.07. The Morgan fingerprint density at radius 3 is 2.85 bits per heavy atom. The average molecular weight is 196 g/mol. The first kappa shape index (κ1) is 10.2. The third kappa shape index (κ3) is 3.55. The molecule has 0 aliphatic carbocycles. The van der Waals surface area contributed by atoms with Gasteiger partial charge in [0.25, 0.3) is 0 Å². The maximum Gasteiger partial charge on any atom is 0.192 e. The SMILES string of the molecule is CC(C)SCC(=O)c1cnccn1. The molecule has 1 heterocycles. The van der Waals surface area contributed by atoms with Gasteiger partial charge in [0.2, 0.25) is 0 Å². The number of hydrogen-bond donors (Lipinski definition) is 0. The van der Waals surface area contributed by atoms with Crippen molar-refractivity contribution in [2.45, 2.75) is 19.1 Å². The summed E-state index contributed by atoms with van der Waals surface area (Å²) in [6, 6.07) is 0. The lowest BCUT2D eigenvalue weighted by atomic mass is 10.3. The zero-order chi connectivity index (χ0) is 9.68. The van der Waals surface area contributed by atoms with E-state index in [1.807, 2.05) is 0 Å². The molecule has 0 saturated carbocycles. The summed E-state index contributed by atoms with van der Waals surface area (Å²) in [6.45, 7) is 4.13. The number of ketones is 1. The van der Waals surface area contributed by atoms with Crippen LogP contribution in [0.1, 0.15) is 24.3 Å². The first-order valence-corrected chi connectivity index (χ1v) is 5.16. The number of carbonyl (C=O) groups excluding carboxylic acids is 1. The van der Waals surface area contributed by atoms with Gasteiger partial charge in [-0.3, -0.25) is 9.78 Å². The molecule has 0 aromatic carbocycles. The van der Waals surface area contributed by atoms with Gasteiger partial charge in [0.05, 0.1) is 11.9 Å². The first-order chi connectivity index (χ1) is 6.20. The second-order valence-corrected chi connectivity index (χ2v) is 4.44. The van der Waals surface area contributed by atoms with Gasteiger partial charge in [0, 0.05) is 12.4 Å². The van der Waals surface area contributed by atoms with Crippen molar-refractivity contribution in [1.29, 1.82) is 0 Å². The minimum Gasteiger partial charge on any atom is -0.291 e. The molecule has 13 heavy (non-hydrogen) atoms. The number of aromatic nitrogens is 2. The molecule has 3 nitrogen and oxygen atoms in total. The highest BCUT2D eigenvalue weighted by molar-refractivity contribution is 8.00. The summed E-state index contributed by atoms with van der Waals surface area (Å²) in [4.78, 5) is 19.2. The largest absolute Gasteiger partial charge is 0.291 e. The van der Waals surface area contributed by atoms with Crippen molar-refractivity contribution >= 4 is 17.5 Å². The lowest BCUT2D eigenvalue weighted by molar-refractivity contribution is 0.101. The Kier molecular flexibility index (Phi) is 3.89. The summed E-state index contributed by atoms with van der Waals surface area (Å²) in [6.07, 6.45) is 4.60. The molecule has 0 unspecified atom stereocenters. The van der Waals surface area contributed by atoms with E-state index >= 15 is 0 Å². The topological polar surface area (TPSA) is 42.9 Å². The third-order valence-corrected chi connectivity index (χ3v) is 2.49. The van der Waals surface area contributed by atoms with E-state index in [4.69, 9.17) is 0 Å². The molecule has 0 saturated heterocycles. The zero-order valence-corrected chi connectivity index (χ0v) is 8.54. The van der Waals surface area contributed by atoms with Crippen LogP contribution in [-0.4, -0.2) is 26.8 Å². The minimum atomic E-state index is 0.0480. The van der Waals surface area contributed by atoms with Crippen LogP contribution in [0.3, 0.4) is 0 Å². The van der Waals surface area contributed by atoms with Crippen LogP contribution in [0.25, 0.3) is 0 Å². The van der Waals surface area contributed by atoms with Crippen molar-refractivity contribution in [3.63, 3.8) is 0 Å². The van der Waals surface area contributed by atoms with Crippen LogP contribution < -0.4 is 0 Å². The summed E-state index contributed by atoms with van der Waals surface area (Å²) >= 11 is 1.62. The summed E-state index contributed by atoms with van der Waals surface area (Å²) in [5.74, 6) is 0.530. The standard InChI is InChI=1S/C9H12N2OS/c1-7(2)13-6-9(12)8-5-10-3-4-11-8/h3-5,7H,6H2,1-2H3. The van der Waals surface area contributed by atoms with Gasteiger partial charge >= 0.3 is 0 Å². The number of nitrogens with zero attached hydrogens (tertiary/aromatic N) is 2. The van der Waals surface area contributed by atoms with Gasteiger partial charge < -0.3 is 0 Å². The third-order valence-electron chi connectivity index (χ3n) is 1.40. The molecule has 0 radical (unpaired) electrons. The van der Waals surface area contributed by atoms with E-state index in [2.05, 4.69) is 23.8 Å². The maximum atomic E-state index is 11.4. The maximum absolute atomic E-state index is 11.4. The van der Waals surface area contributed by atoms with E-state index in [1.54, 1.807) is 18.0 Å². The Bertz CT molecular complexity index is 274. The van der Waals surface area contributed by atoms with Gasteiger partial charge in [-0.2, -0.15) is 11.8 Å². The van der Waals surface area contributed by atoms with Gasteiger partial charge in [-0.05, 0) is 5.25 Å². The van der Waals surface area contributed by atoms with E-state index < -0.39 is 0 Å². The monoisotopic (exact) mass is 196 g/mol. The summed E-state index contributed by atoms with van der Waals surface area (Å²) in [5.41, 5.74) is 0.454. The molecule has 1 aromatic heterocycles. The molecule has 0 atom stereocenters. The van der Waals surface area contributed by atoms with Crippen LogP contribution in [-0.2, 0) is 0 Å². The predicted octanol–water partition coefficient (Wildman–Crippen LogP) is 1.80. The van der Waals surface area contributed by atoms with Crippen LogP contribution in [0, 0.1) is 0 Å². The van der Waals surface area contributed by atoms with Crippen LogP contribution >= 0.6 is 11.8 Å². The normalized spacial score (nSPS) is 10.4. The van der Waals surface area contributed by atoms with E-state index in [0.29, 0.717) is 16.7 Å². The van der Waals surface area contributed by atoms with Crippen molar-refractivity contribution < 1.29 is 4.79 Å². The molecule has 0 bridgehead atoms. The number of carbonyl (C=O) groups is 1. The summed E-state index contributed by atoms with van der Waals surface area (Å²) < 4.78 is 0. The Labute approximate surface area is 82.0 Å². The molecule has 0 amide bonds. The molecule has 70 valence electrons. The zero-order valence-electron chi connectivity index (χ0n) is 7.73. The van der Waals surface area contributed by atoms with Crippen molar-refractivity contribution in [3.05, 3.63) is 24.3 Å².